The zero-order chi connectivity index (χ0) is 20.9. The number of hydrogen-bond donors (Lipinski definition) is 2. The predicted octanol–water partition coefficient (Wildman–Crippen LogP) is 3.97. The van der Waals surface area contributed by atoms with Crippen LogP contribution in [-0.2, 0) is 21.4 Å². The van der Waals surface area contributed by atoms with Gasteiger partial charge in [-0.05, 0) is 35.7 Å². The van der Waals surface area contributed by atoms with Crippen molar-refractivity contribution in [3.8, 4) is 0 Å². The molecule has 2 amide bonds. The van der Waals surface area contributed by atoms with Crippen molar-refractivity contribution in [3.63, 3.8) is 0 Å². The maximum Gasteiger partial charge on any atom is 0.240 e. The fourth-order valence-electron chi connectivity index (χ4n) is 3.35. The van der Waals surface area contributed by atoms with E-state index in [1.807, 2.05) is 91.9 Å². The fourth-order valence-corrected chi connectivity index (χ4v) is 3.62. The van der Waals surface area contributed by atoms with Crippen LogP contribution in [0.3, 0.4) is 0 Å². The van der Waals surface area contributed by atoms with Gasteiger partial charge in [0, 0.05) is 10.9 Å². The molecule has 4 nitrogen and oxygen atoms in total. The summed E-state index contributed by atoms with van der Waals surface area (Å²) in [6, 6.07) is 25.9. The molecule has 0 aromatic heterocycles. The second-order valence-corrected chi connectivity index (χ2v) is 8.03. The highest BCUT2D eigenvalue weighted by atomic mass is 79.9. The molecule has 0 aliphatic heterocycles. The van der Waals surface area contributed by atoms with Crippen molar-refractivity contribution in [2.45, 2.75) is 24.8 Å². The number of rotatable bonds is 7. The van der Waals surface area contributed by atoms with Gasteiger partial charge in [-0.1, -0.05) is 88.7 Å². The normalized spacial score (nSPS) is 12.2. The van der Waals surface area contributed by atoms with Crippen molar-refractivity contribution < 1.29 is 9.59 Å². The van der Waals surface area contributed by atoms with Crippen LogP contribution in [0.15, 0.2) is 89.4 Å². The molecule has 3 N–H and O–H groups in total. The van der Waals surface area contributed by atoms with Gasteiger partial charge in [-0.2, -0.15) is 0 Å². The highest BCUT2D eigenvalue weighted by Crippen LogP contribution is 2.32. The van der Waals surface area contributed by atoms with Gasteiger partial charge in [0.15, 0.2) is 0 Å². The number of benzene rings is 3. The molecule has 0 spiro atoms. The molecular formula is C24H23BrN2O2. The second kappa shape index (κ2) is 9.05. The van der Waals surface area contributed by atoms with Crippen LogP contribution < -0.4 is 11.1 Å². The Labute approximate surface area is 179 Å². The average molecular weight is 451 g/mol. The first kappa shape index (κ1) is 20.8. The number of amides is 2. The maximum absolute atomic E-state index is 13.5. The average Bonchev–Trinajstić information content (AvgIpc) is 2.75. The first-order valence-electron chi connectivity index (χ1n) is 9.37. The Morgan fingerprint density at radius 1 is 0.897 bits per heavy atom. The fraction of sp³-hybridized carbons (Fsp3) is 0.167. The molecule has 3 rings (SSSR count). The number of hydrogen-bond acceptors (Lipinski definition) is 2. The number of primary amides is 1. The molecule has 148 valence electrons. The lowest BCUT2D eigenvalue weighted by Crippen LogP contribution is -2.52. The highest BCUT2D eigenvalue weighted by Gasteiger charge is 2.38. The lowest BCUT2D eigenvalue weighted by molar-refractivity contribution is -0.129. The van der Waals surface area contributed by atoms with Crippen LogP contribution in [0.5, 0.6) is 0 Å². The Hall–Kier alpha value is -2.92. The van der Waals surface area contributed by atoms with Gasteiger partial charge in [0.2, 0.25) is 11.8 Å². The summed E-state index contributed by atoms with van der Waals surface area (Å²) in [4.78, 5) is 25.6. The molecule has 29 heavy (non-hydrogen) atoms. The first-order valence-corrected chi connectivity index (χ1v) is 10.2. The molecule has 3 aromatic rings. The van der Waals surface area contributed by atoms with Crippen LogP contribution in [0.25, 0.3) is 0 Å². The molecule has 0 saturated heterocycles. The molecule has 5 heteroatoms. The number of carbonyl (C=O) groups excluding carboxylic acids is 2. The SMILES string of the molecule is CC(C(=O)N[C@@H](Cc1ccc(Br)cc1)C(N)=O)(c1ccccc1)c1ccccc1. The van der Waals surface area contributed by atoms with Crippen LogP contribution in [0, 0.1) is 0 Å². The lowest BCUT2D eigenvalue weighted by Gasteiger charge is -2.31. The first-order chi connectivity index (χ1) is 13.9. The van der Waals surface area contributed by atoms with Gasteiger partial charge in [-0.15, -0.1) is 0 Å². The predicted molar refractivity (Wildman–Crippen MR) is 118 cm³/mol. The van der Waals surface area contributed by atoms with E-state index in [0.29, 0.717) is 6.42 Å². The molecule has 0 bridgehead atoms. The van der Waals surface area contributed by atoms with Crippen molar-refractivity contribution >= 4 is 27.7 Å². The Bertz CT molecular complexity index is 933. The van der Waals surface area contributed by atoms with E-state index >= 15 is 0 Å². The molecule has 0 aliphatic carbocycles. The van der Waals surface area contributed by atoms with Crippen LogP contribution in [0.4, 0.5) is 0 Å². The zero-order valence-electron chi connectivity index (χ0n) is 16.1. The van der Waals surface area contributed by atoms with E-state index in [1.54, 1.807) is 0 Å². The summed E-state index contributed by atoms with van der Waals surface area (Å²) in [5, 5.41) is 2.89. The minimum atomic E-state index is -0.962. The maximum atomic E-state index is 13.5. The highest BCUT2D eigenvalue weighted by molar-refractivity contribution is 9.10. The standard InChI is InChI=1S/C24H23BrN2O2/c1-24(18-8-4-2-5-9-18,19-10-6-3-7-11-19)23(29)27-21(22(26)28)16-17-12-14-20(25)15-13-17/h2-15,21H,16H2,1H3,(H2,26,28)(H,27,29)/t21-/m0/s1. The van der Waals surface area contributed by atoms with Crippen LogP contribution in [0.1, 0.15) is 23.6 Å². The summed E-state index contributed by atoms with van der Waals surface area (Å²) >= 11 is 3.40. The molecule has 1 atom stereocenters. The van der Waals surface area contributed by atoms with E-state index in [0.717, 1.165) is 21.2 Å². The Morgan fingerprint density at radius 3 is 1.83 bits per heavy atom. The minimum Gasteiger partial charge on any atom is -0.368 e. The third kappa shape index (κ3) is 4.74. The van der Waals surface area contributed by atoms with Crippen molar-refractivity contribution in [3.05, 3.63) is 106 Å². The number of halogens is 1. The smallest absolute Gasteiger partial charge is 0.240 e. The quantitative estimate of drug-likeness (QED) is 0.571. The molecule has 3 aromatic carbocycles. The molecule has 0 radical (unpaired) electrons. The third-order valence-electron chi connectivity index (χ3n) is 5.16. The van der Waals surface area contributed by atoms with Crippen molar-refractivity contribution in [2.24, 2.45) is 5.73 Å². The summed E-state index contributed by atoms with van der Waals surface area (Å²) in [6.07, 6.45) is 0.327. The minimum absolute atomic E-state index is 0.268. The van der Waals surface area contributed by atoms with Gasteiger partial charge in [0.05, 0.1) is 5.41 Å². The summed E-state index contributed by atoms with van der Waals surface area (Å²) in [5.41, 5.74) is 7.26. The van der Waals surface area contributed by atoms with Gasteiger partial charge in [-0.3, -0.25) is 9.59 Å². The van der Waals surface area contributed by atoms with E-state index in [1.165, 1.54) is 0 Å². The van der Waals surface area contributed by atoms with Crippen LogP contribution in [0.2, 0.25) is 0 Å². The van der Waals surface area contributed by atoms with Crippen LogP contribution in [-0.4, -0.2) is 17.9 Å². The number of nitrogens with two attached hydrogens (primary N) is 1. The summed E-state index contributed by atoms with van der Waals surface area (Å²) in [6.45, 7) is 1.87. The summed E-state index contributed by atoms with van der Waals surface area (Å²) in [5.74, 6) is -0.833. The van der Waals surface area contributed by atoms with Gasteiger partial charge in [0.1, 0.15) is 6.04 Å². The van der Waals surface area contributed by atoms with Crippen molar-refractivity contribution in [1.29, 1.82) is 0 Å². The van der Waals surface area contributed by atoms with E-state index in [9.17, 15) is 9.59 Å². The molecule has 0 fully saturated rings. The van der Waals surface area contributed by atoms with E-state index in [2.05, 4.69) is 21.2 Å². The number of nitrogens with one attached hydrogen (secondary N) is 1. The third-order valence-corrected chi connectivity index (χ3v) is 5.69. The Balaban J connectivity index is 1.92. The van der Waals surface area contributed by atoms with Gasteiger partial charge in [0.25, 0.3) is 0 Å². The van der Waals surface area contributed by atoms with E-state index < -0.39 is 17.4 Å². The summed E-state index contributed by atoms with van der Waals surface area (Å²) < 4.78 is 0.946. The van der Waals surface area contributed by atoms with Gasteiger partial charge in [-0.25, -0.2) is 0 Å². The molecular weight excluding hydrogens is 428 g/mol. The Morgan fingerprint density at radius 2 is 1.38 bits per heavy atom. The Kier molecular flexibility index (Phi) is 6.49. The molecule has 0 heterocycles. The van der Waals surface area contributed by atoms with Gasteiger partial charge >= 0.3 is 0 Å². The largest absolute Gasteiger partial charge is 0.368 e. The topological polar surface area (TPSA) is 72.2 Å². The van der Waals surface area contributed by atoms with E-state index in [4.69, 9.17) is 5.73 Å². The van der Waals surface area contributed by atoms with Crippen LogP contribution >= 0.6 is 15.9 Å². The van der Waals surface area contributed by atoms with Crippen molar-refractivity contribution in [1.82, 2.24) is 5.32 Å². The second-order valence-electron chi connectivity index (χ2n) is 7.12. The summed E-state index contributed by atoms with van der Waals surface area (Å²) in [7, 11) is 0. The molecule has 0 aliphatic rings. The van der Waals surface area contributed by atoms with E-state index in [-0.39, 0.29) is 5.91 Å². The van der Waals surface area contributed by atoms with Crippen molar-refractivity contribution in [2.75, 3.05) is 0 Å². The molecule has 0 unspecified atom stereocenters. The van der Waals surface area contributed by atoms with Gasteiger partial charge < -0.3 is 11.1 Å². The zero-order valence-corrected chi connectivity index (χ0v) is 17.7. The molecule has 0 saturated carbocycles. The monoisotopic (exact) mass is 450 g/mol. The number of carbonyl (C=O) groups is 2. The lowest BCUT2D eigenvalue weighted by atomic mass is 9.75.